The van der Waals surface area contributed by atoms with Crippen molar-refractivity contribution in [2.45, 2.75) is 51.0 Å². The van der Waals surface area contributed by atoms with E-state index in [-0.39, 0.29) is 30.3 Å². The molecular formula is C21H27ClN4O3. The lowest BCUT2D eigenvalue weighted by molar-refractivity contribution is -0.128. The van der Waals surface area contributed by atoms with Gasteiger partial charge in [-0.25, -0.2) is 0 Å². The molecule has 1 saturated heterocycles. The minimum absolute atomic E-state index is 0. The van der Waals surface area contributed by atoms with Crippen molar-refractivity contribution in [2.24, 2.45) is 11.3 Å². The standard InChI is InChI=1S/C21H26N4O3.ClH/c26-20(21-10-2-1-3-15(21)11-22-13-21)23-16-6-8-17(9-7-16)27-12-18-24-19(28-25-18)14-4-5-14;/h6-9,14-15,22H,1-5,10-13H2,(H,23,26);1H/t15-,21+;/m0./s1. The van der Waals surface area contributed by atoms with Crippen LogP contribution < -0.4 is 15.4 Å². The fraction of sp³-hybridized carbons (Fsp3) is 0.571. The first-order valence-electron chi connectivity index (χ1n) is 10.3. The van der Waals surface area contributed by atoms with E-state index in [0.717, 1.165) is 56.8 Å². The topological polar surface area (TPSA) is 89.3 Å². The minimum Gasteiger partial charge on any atom is -0.485 e. The van der Waals surface area contributed by atoms with Gasteiger partial charge in [-0.3, -0.25) is 4.79 Å². The van der Waals surface area contributed by atoms with E-state index >= 15 is 0 Å². The van der Waals surface area contributed by atoms with Gasteiger partial charge in [0.05, 0.1) is 5.41 Å². The summed E-state index contributed by atoms with van der Waals surface area (Å²) in [7, 11) is 0. The van der Waals surface area contributed by atoms with Crippen molar-refractivity contribution in [3.05, 3.63) is 36.0 Å². The van der Waals surface area contributed by atoms with Gasteiger partial charge in [0.15, 0.2) is 6.61 Å². The highest BCUT2D eigenvalue weighted by atomic mass is 35.5. The highest BCUT2D eigenvalue weighted by Gasteiger charge is 2.49. The van der Waals surface area contributed by atoms with Gasteiger partial charge in [0, 0.05) is 18.2 Å². The third-order valence-corrected chi connectivity index (χ3v) is 6.38. The summed E-state index contributed by atoms with van der Waals surface area (Å²) in [5.74, 6) is 3.05. The number of hydrogen-bond donors (Lipinski definition) is 2. The molecule has 2 N–H and O–H groups in total. The van der Waals surface area contributed by atoms with Crippen LogP contribution in [0.5, 0.6) is 5.75 Å². The van der Waals surface area contributed by atoms with Gasteiger partial charge >= 0.3 is 0 Å². The van der Waals surface area contributed by atoms with Crippen LogP contribution in [-0.2, 0) is 11.4 Å². The summed E-state index contributed by atoms with van der Waals surface area (Å²) in [6.45, 7) is 2.02. The van der Waals surface area contributed by atoms with Crippen LogP contribution in [0.3, 0.4) is 0 Å². The molecule has 5 rings (SSSR count). The van der Waals surface area contributed by atoms with Crippen molar-refractivity contribution in [3.63, 3.8) is 0 Å². The Morgan fingerprint density at radius 1 is 1.24 bits per heavy atom. The molecule has 156 valence electrons. The maximum absolute atomic E-state index is 13.0. The Labute approximate surface area is 176 Å². The Morgan fingerprint density at radius 2 is 2.07 bits per heavy atom. The first-order valence-corrected chi connectivity index (χ1v) is 10.3. The number of nitrogens with one attached hydrogen (secondary N) is 2. The number of halogens is 1. The number of fused-ring (bicyclic) bond motifs is 1. The number of carbonyl (C=O) groups excluding carboxylic acids is 1. The number of ether oxygens (including phenoxy) is 1. The van der Waals surface area contributed by atoms with Gasteiger partial charge in [0.25, 0.3) is 0 Å². The zero-order valence-electron chi connectivity index (χ0n) is 16.4. The molecule has 2 atom stereocenters. The van der Waals surface area contributed by atoms with Crippen LogP contribution in [0.4, 0.5) is 5.69 Å². The van der Waals surface area contributed by atoms with Gasteiger partial charge in [0.2, 0.25) is 17.6 Å². The fourth-order valence-corrected chi connectivity index (χ4v) is 4.55. The summed E-state index contributed by atoms with van der Waals surface area (Å²) >= 11 is 0. The second-order valence-electron chi connectivity index (χ2n) is 8.32. The van der Waals surface area contributed by atoms with Crippen molar-refractivity contribution in [1.82, 2.24) is 15.5 Å². The molecule has 2 aromatic rings. The molecule has 3 aliphatic rings. The highest BCUT2D eigenvalue weighted by Crippen LogP contribution is 2.44. The molecule has 8 heteroatoms. The van der Waals surface area contributed by atoms with Crippen molar-refractivity contribution in [1.29, 1.82) is 0 Å². The molecule has 1 aromatic carbocycles. The first kappa shape index (κ1) is 20.2. The van der Waals surface area contributed by atoms with Gasteiger partial charge in [-0.15, -0.1) is 12.4 Å². The summed E-state index contributed by atoms with van der Waals surface area (Å²) in [6, 6.07) is 7.49. The van der Waals surface area contributed by atoms with Gasteiger partial charge in [0.1, 0.15) is 5.75 Å². The predicted molar refractivity (Wildman–Crippen MR) is 110 cm³/mol. The average molecular weight is 419 g/mol. The maximum atomic E-state index is 13.0. The third kappa shape index (κ3) is 4.12. The quantitative estimate of drug-likeness (QED) is 0.744. The molecule has 0 bridgehead atoms. The Hall–Kier alpha value is -2.12. The number of nitrogens with zero attached hydrogens (tertiary/aromatic N) is 2. The molecule has 0 unspecified atom stereocenters. The lowest BCUT2D eigenvalue weighted by Gasteiger charge is -2.37. The Kier molecular flexibility index (Phi) is 5.79. The van der Waals surface area contributed by atoms with E-state index in [1.54, 1.807) is 0 Å². The van der Waals surface area contributed by atoms with Crippen LogP contribution in [0.2, 0.25) is 0 Å². The van der Waals surface area contributed by atoms with Crippen molar-refractivity contribution < 1.29 is 14.1 Å². The van der Waals surface area contributed by atoms with Crippen molar-refractivity contribution >= 4 is 24.0 Å². The minimum atomic E-state index is -0.245. The Morgan fingerprint density at radius 3 is 2.86 bits per heavy atom. The summed E-state index contributed by atoms with van der Waals surface area (Å²) in [4.78, 5) is 17.4. The van der Waals surface area contributed by atoms with E-state index in [1.807, 2.05) is 24.3 Å². The molecule has 2 saturated carbocycles. The van der Waals surface area contributed by atoms with E-state index in [0.29, 0.717) is 23.4 Å². The average Bonchev–Trinajstić information content (AvgIpc) is 3.29. The number of hydrogen-bond acceptors (Lipinski definition) is 6. The van der Waals surface area contributed by atoms with Crippen molar-refractivity contribution in [2.75, 3.05) is 18.4 Å². The van der Waals surface area contributed by atoms with Gasteiger partial charge in [-0.2, -0.15) is 4.98 Å². The van der Waals surface area contributed by atoms with Crippen molar-refractivity contribution in [3.8, 4) is 5.75 Å². The number of benzene rings is 1. The highest BCUT2D eigenvalue weighted by molar-refractivity contribution is 5.96. The number of amides is 1. The van der Waals surface area contributed by atoms with E-state index in [9.17, 15) is 4.79 Å². The number of rotatable bonds is 6. The SMILES string of the molecule is Cl.O=C(Nc1ccc(OCc2noc(C3CC3)n2)cc1)[C@@]12CCCC[C@H]1CNC2. The second-order valence-corrected chi connectivity index (χ2v) is 8.32. The predicted octanol–water partition coefficient (Wildman–Crippen LogP) is 3.67. The van der Waals surface area contributed by atoms with Gasteiger partial charge in [-0.1, -0.05) is 18.0 Å². The van der Waals surface area contributed by atoms with Crippen LogP contribution >= 0.6 is 12.4 Å². The number of anilines is 1. The third-order valence-electron chi connectivity index (χ3n) is 6.38. The lowest BCUT2D eigenvalue weighted by atomic mass is 9.67. The number of carbonyl (C=O) groups is 1. The molecule has 29 heavy (non-hydrogen) atoms. The van der Waals surface area contributed by atoms with Crippen LogP contribution in [0.25, 0.3) is 0 Å². The fourth-order valence-electron chi connectivity index (χ4n) is 4.55. The van der Waals surface area contributed by atoms with Crippen LogP contribution in [-0.4, -0.2) is 29.1 Å². The zero-order chi connectivity index (χ0) is 19.0. The lowest BCUT2D eigenvalue weighted by Crippen LogP contribution is -2.44. The molecular weight excluding hydrogens is 392 g/mol. The van der Waals surface area contributed by atoms with Crippen LogP contribution in [0, 0.1) is 11.3 Å². The molecule has 1 aliphatic heterocycles. The summed E-state index contributed by atoms with van der Waals surface area (Å²) in [5, 5.41) is 10.5. The largest absolute Gasteiger partial charge is 0.485 e. The van der Waals surface area contributed by atoms with E-state index in [2.05, 4.69) is 20.8 Å². The van der Waals surface area contributed by atoms with E-state index in [4.69, 9.17) is 9.26 Å². The monoisotopic (exact) mass is 418 g/mol. The molecule has 0 radical (unpaired) electrons. The molecule has 7 nitrogen and oxygen atoms in total. The first-order chi connectivity index (χ1) is 13.7. The Balaban J connectivity index is 0.00000205. The van der Waals surface area contributed by atoms with Crippen LogP contribution in [0.15, 0.2) is 28.8 Å². The molecule has 2 aliphatic carbocycles. The molecule has 1 aromatic heterocycles. The van der Waals surface area contributed by atoms with Gasteiger partial charge in [-0.05, 0) is 62.4 Å². The summed E-state index contributed by atoms with van der Waals surface area (Å²) in [6.07, 6.45) is 6.76. The Bertz CT molecular complexity index is 852. The smallest absolute Gasteiger partial charge is 0.232 e. The summed E-state index contributed by atoms with van der Waals surface area (Å²) < 4.78 is 11.0. The molecule has 3 fully saturated rings. The van der Waals surface area contributed by atoms with E-state index in [1.165, 1.54) is 6.42 Å². The molecule has 1 amide bonds. The molecule has 2 heterocycles. The van der Waals surface area contributed by atoms with Gasteiger partial charge < -0.3 is 19.9 Å². The maximum Gasteiger partial charge on any atom is 0.232 e. The number of aromatic nitrogens is 2. The summed E-state index contributed by atoms with van der Waals surface area (Å²) in [5.41, 5.74) is 0.559. The van der Waals surface area contributed by atoms with E-state index < -0.39 is 0 Å². The zero-order valence-corrected chi connectivity index (χ0v) is 17.2. The molecule has 0 spiro atoms. The van der Waals surface area contributed by atoms with Crippen LogP contribution in [0.1, 0.15) is 56.2 Å². The second kappa shape index (κ2) is 8.32. The normalized spacial score (nSPS) is 25.7.